The Kier molecular flexibility index (Phi) is 7.32. The molecule has 0 saturated carbocycles. The number of amides is 1. The van der Waals surface area contributed by atoms with Crippen LogP contribution in [-0.4, -0.2) is 37.9 Å². The summed E-state index contributed by atoms with van der Waals surface area (Å²) in [7, 11) is 2.81. The Labute approximate surface area is 162 Å². The zero-order valence-corrected chi connectivity index (χ0v) is 15.8. The summed E-state index contributed by atoms with van der Waals surface area (Å²) in [4.78, 5) is 22.7. The fourth-order valence-corrected chi connectivity index (χ4v) is 2.41. The van der Waals surface area contributed by atoms with Gasteiger partial charge in [-0.3, -0.25) is 14.9 Å². The van der Waals surface area contributed by atoms with Gasteiger partial charge in [-0.25, -0.2) is 5.43 Å². The molecule has 148 valence electrons. The Hall–Kier alpha value is -3.62. The molecule has 0 atom stereocenters. The van der Waals surface area contributed by atoms with Crippen LogP contribution < -0.4 is 19.6 Å². The Balaban J connectivity index is 2.06. The zero-order chi connectivity index (χ0) is 20.5. The Morgan fingerprint density at radius 2 is 1.82 bits per heavy atom. The Morgan fingerprint density at radius 3 is 2.39 bits per heavy atom. The number of hydrogen-bond donors (Lipinski definition) is 1. The van der Waals surface area contributed by atoms with Gasteiger partial charge in [0.25, 0.3) is 5.69 Å². The molecular weight excluding hydrogens is 366 g/mol. The highest BCUT2D eigenvalue weighted by Crippen LogP contribution is 2.33. The Bertz CT molecular complexity index is 865. The van der Waals surface area contributed by atoms with Crippen molar-refractivity contribution in [1.82, 2.24) is 5.43 Å². The van der Waals surface area contributed by atoms with Crippen molar-refractivity contribution in [1.29, 1.82) is 0 Å². The number of hydrazone groups is 1. The summed E-state index contributed by atoms with van der Waals surface area (Å²) in [5.74, 6) is 0.912. The minimum atomic E-state index is -0.564. The fourth-order valence-electron chi connectivity index (χ4n) is 2.41. The number of ether oxygens (including phenoxy) is 3. The molecule has 0 spiro atoms. The molecule has 0 unspecified atom stereocenters. The van der Waals surface area contributed by atoms with Crippen LogP contribution in [0.25, 0.3) is 0 Å². The molecule has 9 nitrogen and oxygen atoms in total. The molecule has 0 aliphatic carbocycles. The number of hydrogen-bond acceptors (Lipinski definition) is 7. The summed E-state index contributed by atoms with van der Waals surface area (Å²) >= 11 is 0. The van der Waals surface area contributed by atoms with Crippen LogP contribution in [0, 0.1) is 10.1 Å². The fraction of sp³-hybridized carbons (Fsp3) is 0.263. The average molecular weight is 387 g/mol. The first-order chi connectivity index (χ1) is 13.5. The van der Waals surface area contributed by atoms with E-state index in [0.29, 0.717) is 12.4 Å². The summed E-state index contributed by atoms with van der Waals surface area (Å²) in [6.45, 7) is 2.46. The molecule has 9 heteroatoms. The normalized spacial score (nSPS) is 10.5. The Morgan fingerprint density at radius 1 is 1.18 bits per heavy atom. The highest BCUT2D eigenvalue weighted by Gasteiger charge is 2.18. The molecule has 0 aromatic heterocycles. The third kappa shape index (κ3) is 5.44. The monoisotopic (exact) mass is 387 g/mol. The first-order valence-corrected chi connectivity index (χ1v) is 8.42. The number of rotatable bonds is 9. The highest BCUT2D eigenvalue weighted by molar-refractivity contribution is 5.88. The lowest BCUT2D eigenvalue weighted by Gasteiger charge is -2.08. The van der Waals surface area contributed by atoms with Gasteiger partial charge in [-0.15, -0.1) is 0 Å². The first kappa shape index (κ1) is 20.7. The van der Waals surface area contributed by atoms with Gasteiger partial charge >= 0.3 is 0 Å². The second kappa shape index (κ2) is 9.91. The molecule has 2 aromatic carbocycles. The van der Waals surface area contributed by atoms with Crippen molar-refractivity contribution in [3.05, 3.63) is 57.6 Å². The van der Waals surface area contributed by atoms with Crippen LogP contribution in [-0.2, 0) is 11.2 Å². The molecule has 2 aromatic rings. The summed E-state index contributed by atoms with van der Waals surface area (Å²) in [6, 6.07) is 9.78. The molecule has 1 amide bonds. The van der Waals surface area contributed by atoms with Crippen LogP contribution in [0.4, 0.5) is 5.69 Å². The number of nitrogens with zero attached hydrogens (tertiary/aromatic N) is 2. The number of carbonyl (C=O) groups is 1. The van der Waals surface area contributed by atoms with Gasteiger partial charge in [0.1, 0.15) is 5.75 Å². The van der Waals surface area contributed by atoms with E-state index in [1.165, 1.54) is 32.6 Å². The largest absolute Gasteiger partial charge is 0.494 e. The second-order valence-electron chi connectivity index (χ2n) is 5.57. The molecule has 0 aliphatic rings. The summed E-state index contributed by atoms with van der Waals surface area (Å²) in [5.41, 5.74) is 3.09. The zero-order valence-electron chi connectivity index (χ0n) is 15.8. The number of carbonyl (C=O) groups excluding carboxylic acids is 1. The van der Waals surface area contributed by atoms with Crippen molar-refractivity contribution in [3.63, 3.8) is 0 Å². The molecule has 0 saturated heterocycles. The number of nitro groups is 1. The number of nitrogens with one attached hydrogen (secondary N) is 1. The van der Waals surface area contributed by atoms with Crippen molar-refractivity contribution < 1.29 is 23.9 Å². The van der Waals surface area contributed by atoms with E-state index >= 15 is 0 Å². The van der Waals surface area contributed by atoms with Crippen LogP contribution >= 0.6 is 0 Å². The molecule has 0 fully saturated rings. The molecule has 28 heavy (non-hydrogen) atoms. The number of methoxy groups -OCH3 is 2. The minimum absolute atomic E-state index is 0.109. The maximum atomic E-state index is 12.0. The van der Waals surface area contributed by atoms with E-state index in [1.54, 1.807) is 24.3 Å². The van der Waals surface area contributed by atoms with Crippen molar-refractivity contribution in [2.45, 2.75) is 13.3 Å². The lowest BCUT2D eigenvalue weighted by Crippen LogP contribution is -2.19. The van der Waals surface area contributed by atoms with E-state index in [-0.39, 0.29) is 29.3 Å². The highest BCUT2D eigenvalue weighted by atomic mass is 16.6. The summed E-state index contributed by atoms with van der Waals surface area (Å²) in [6.07, 6.45) is 1.30. The van der Waals surface area contributed by atoms with E-state index in [9.17, 15) is 14.9 Å². The predicted molar refractivity (Wildman–Crippen MR) is 103 cm³/mol. The van der Waals surface area contributed by atoms with Crippen LogP contribution in [0.5, 0.6) is 17.2 Å². The van der Waals surface area contributed by atoms with Crippen LogP contribution in [0.3, 0.4) is 0 Å². The molecule has 0 heterocycles. The van der Waals surface area contributed by atoms with Crippen LogP contribution in [0.15, 0.2) is 41.5 Å². The van der Waals surface area contributed by atoms with Crippen molar-refractivity contribution in [3.8, 4) is 17.2 Å². The number of benzene rings is 2. The smallest absolute Gasteiger partial charge is 0.282 e. The standard InChI is InChI=1S/C19H21N3O6/c1-4-28-15-7-5-13(6-8-15)9-19(23)21-20-12-14-10-17(26-2)18(27-3)11-16(14)22(24)25/h5-8,10-12H,4,9H2,1-3H3,(H,21,23)/b20-12-. The van der Waals surface area contributed by atoms with Gasteiger partial charge in [0, 0.05) is 0 Å². The van der Waals surface area contributed by atoms with Crippen molar-refractivity contribution >= 4 is 17.8 Å². The topological polar surface area (TPSA) is 112 Å². The van der Waals surface area contributed by atoms with Gasteiger partial charge in [0.05, 0.1) is 50.0 Å². The van der Waals surface area contributed by atoms with E-state index < -0.39 is 4.92 Å². The lowest BCUT2D eigenvalue weighted by molar-refractivity contribution is -0.385. The van der Waals surface area contributed by atoms with Crippen LogP contribution in [0.1, 0.15) is 18.1 Å². The van der Waals surface area contributed by atoms with E-state index in [1.807, 2.05) is 6.92 Å². The van der Waals surface area contributed by atoms with E-state index in [2.05, 4.69) is 10.5 Å². The molecule has 0 bridgehead atoms. The third-order valence-corrected chi connectivity index (χ3v) is 3.72. The molecule has 2 rings (SSSR count). The van der Waals surface area contributed by atoms with Gasteiger partial charge in [-0.05, 0) is 30.7 Å². The first-order valence-electron chi connectivity index (χ1n) is 8.42. The van der Waals surface area contributed by atoms with Crippen molar-refractivity contribution in [2.75, 3.05) is 20.8 Å². The van der Waals surface area contributed by atoms with E-state index in [4.69, 9.17) is 14.2 Å². The van der Waals surface area contributed by atoms with E-state index in [0.717, 1.165) is 11.3 Å². The van der Waals surface area contributed by atoms with Gasteiger partial charge in [-0.1, -0.05) is 12.1 Å². The molecule has 0 aliphatic heterocycles. The molecule has 1 N–H and O–H groups in total. The minimum Gasteiger partial charge on any atom is -0.494 e. The maximum absolute atomic E-state index is 12.0. The predicted octanol–water partition coefficient (Wildman–Crippen LogP) is 2.70. The lowest BCUT2D eigenvalue weighted by atomic mass is 10.1. The van der Waals surface area contributed by atoms with Crippen LogP contribution in [0.2, 0.25) is 0 Å². The van der Waals surface area contributed by atoms with Gasteiger partial charge in [0.15, 0.2) is 11.5 Å². The second-order valence-corrected chi connectivity index (χ2v) is 5.57. The summed E-state index contributed by atoms with van der Waals surface area (Å²) < 4.78 is 15.5. The number of nitro benzene ring substituents is 1. The molecule has 0 radical (unpaired) electrons. The van der Waals surface area contributed by atoms with Crippen molar-refractivity contribution in [2.24, 2.45) is 5.10 Å². The summed E-state index contributed by atoms with van der Waals surface area (Å²) in [5, 5.41) is 15.1. The SMILES string of the molecule is CCOc1ccc(CC(=O)N/N=C\c2cc(OC)c(OC)cc2[N+](=O)[O-])cc1. The van der Waals surface area contributed by atoms with Gasteiger partial charge < -0.3 is 14.2 Å². The third-order valence-electron chi connectivity index (χ3n) is 3.72. The quantitative estimate of drug-likeness (QED) is 0.402. The molecular formula is C19H21N3O6. The van der Waals surface area contributed by atoms with Gasteiger partial charge in [-0.2, -0.15) is 5.10 Å². The van der Waals surface area contributed by atoms with Gasteiger partial charge in [0.2, 0.25) is 5.91 Å². The maximum Gasteiger partial charge on any atom is 0.282 e. The average Bonchev–Trinajstić information content (AvgIpc) is 2.69.